The Bertz CT molecular complexity index is 934. The van der Waals surface area contributed by atoms with E-state index in [9.17, 15) is 9.59 Å². The molecule has 0 bridgehead atoms. The number of carbonyl (C=O) groups is 1. The monoisotopic (exact) mass is 284 g/mol. The van der Waals surface area contributed by atoms with Crippen LogP contribution in [0.2, 0.25) is 0 Å². The first-order valence-electron chi connectivity index (χ1n) is 6.60. The second-order valence-electron chi connectivity index (χ2n) is 5.37. The van der Waals surface area contributed by atoms with E-state index in [0.29, 0.717) is 11.0 Å². The number of nitrogens with zero attached hydrogens (tertiary/aromatic N) is 4. The molecule has 0 saturated heterocycles. The van der Waals surface area contributed by atoms with Crippen molar-refractivity contribution >= 4 is 22.5 Å². The third-order valence-corrected chi connectivity index (χ3v) is 3.62. The molecule has 1 aromatic carbocycles. The SMILES string of the molecule is Cc1ccc2c(c1)c(=O)n(C)c1c(C(=O)N(C)C)ncn21. The molecule has 3 rings (SSSR count). The number of imidazole rings is 1. The molecule has 0 spiro atoms. The Morgan fingerprint density at radius 2 is 2.00 bits per heavy atom. The minimum absolute atomic E-state index is 0.130. The first-order valence-corrected chi connectivity index (χ1v) is 6.60. The number of hydrogen-bond acceptors (Lipinski definition) is 3. The summed E-state index contributed by atoms with van der Waals surface area (Å²) < 4.78 is 3.26. The van der Waals surface area contributed by atoms with Gasteiger partial charge in [-0.05, 0) is 19.1 Å². The van der Waals surface area contributed by atoms with E-state index in [0.717, 1.165) is 11.1 Å². The fourth-order valence-corrected chi connectivity index (χ4v) is 2.51. The molecule has 108 valence electrons. The molecule has 0 fully saturated rings. The normalized spacial score (nSPS) is 11.2. The van der Waals surface area contributed by atoms with E-state index in [4.69, 9.17) is 0 Å². The maximum Gasteiger partial charge on any atom is 0.275 e. The maximum absolute atomic E-state index is 12.5. The highest BCUT2D eigenvalue weighted by molar-refractivity contribution is 5.99. The van der Waals surface area contributed by atoms with Gasteiger partial charge in [-0.1, -0.05) is 11.6 Å². The predicted molar refractivity (Wildman–Crippen MR) is 80.7 cm³/mol. The first kappa shape index (κ1) is 13.4. The zero-order valence-electron chi connectivity index (χ0n) is 12.4. The lowest BCUT2D eigenvalue weighted by atomic mass is 10.1. The fraction of sp³-hybridized carbons (Fsp3) is 0.267. The van der Waals surface area contributed by atoms with E-state index < -0.39 is 0 Å². The van der Waals surface area contributed by atoms with Crippen LogP contribution in [0.5, 0.6) is 0 Å². The fourth-order valence-electron chi connectivity index (χ4n) is 2.51. The molecule has 21 heavy (non-hydrogen) atoms. The zero-order valence-corrected chi connectivity index (χ0v) is 12.4. The summed E-state index contributed by atoms with van der Waals surface area (Å²) >= 11 is 0. The van der Waals surface area contributed by atoms with Crippen LogP contribution in [0.15, 0.2) is 29.3 Å². The molecule has 0 aliphatic carbocycles. The van der Waals surface area contributed by atoms with Crippen molar-refractivity contribution in [2.24, 2.45) is 7.05 Å². The summed E-state index contributed by atoms with van der Waals surface area (Å²) in [4.78, 5) is 30.4. The Labute approximate surface area is 121 Å². The van der Waals surface area contributed by atoms with Crippen molar-refractivity contribution in [2.45, 2.75) is 6.92 Å². The van der Waals surface area contributed by atoms with Crippen molar-refractivity contribution in [3.63, 3.8) is 0 Å². The maximum atomic E-state index is 12.5. The molecule has 2 aromatic heterocycles. The summed E-state index contributed by atoms with van der Waals surface area (Å²) in [5.74, 6) is -0.223. The molecular weight excluding hydrogens is 268 g/mol. The van der Waals surface area contributed by atoms with Crippen molar-refractivity contribution in [1.29, 1.82) is 0 Å². The summed E-state index contributed by atoms with van der Waals surface area (Å²) in [6.45, 7) is 1.94. The third-order valence-electron chi connectivity index (χ3n) is 3.62. The molecular formula is C15H16N4O2. The summed E-state index contributed by atoms with van der Waals surface area (Å²) in [5.41, 5.74) is 2.43. The van der Waals surface area contributed by atoms with Crippen LogP contribution in [0.25, 0.3) is 16.6 Å². The van der Waals surface area contributed by atoms with Gasteiger partial charge in [0.2, 0.25) is 0 Å². The number of rotatable bonds is 1. The lowest BCUT2D eigenvalue weighted by Crippen LogP contribution is -2.25. The van der Waals surface area contributed by atoms with E-state index in [1.54, 1.807) is 31.9 Å². The standard InChI is InChI=1S/C15H16N4O2/c1-9-5-6-11-10(7-9)14(20)18(4)13-12(15(21)17(2)3)16-8-19(11)13/h5-8H,1-4H3. The van der Waals surface area contributed by atoms with E-state index in [1.165, 1.54) is 9.47 Å². The minimum Gasteiger partial charge on any atom is -0.343 e. The molecule has 2 heterocycles. The van der Waals surface area contributed by atoms with Crippen LogP contribution in [-0.2, 0) is 7.05 Å². The highest BCUT2D eigenvalue weighted by Gasteiger charge is 2.20. The van der Waals surface area contributed by atoms with Crippen molar-refractivity contribution in [3.8, 4) is 0 Å². The summed E-state index contributed by atoms with van der Waals surface area (Å²) in [6, 6.07) is 5.67. The van der Waals surface area contributed by atoms with E-state index in [2.05, 4.69) is 4.98 Å². The van der Waals surface area contributed by atoms with Crippen molar-refractivity contribution in [1.82, 2.24) is 18.9 Å². The van der Waals surface area contributed by atoms with Gasteiger partial charge in [0.05, 0.1) is 10.9 Å². The number of carbonyl (C=O) groups excluding carboxylic acids is 1. The van der Waals surface area contributed by atoms with Crippen LogP contribution in [0.3, 0.4) is 0 Å². The molecule has 1 amide bonds. The lowest BCUT2D eigenvalue weighted by molar-refractivity contribution is 0.0824. The van der Waals surface area contributed by atoms with Crippen LogP contribution in [0, 0.1) is 6.92 Å². The number of benzene rings is 1. The van der Waals surface area contributed by atoms with Gasteiger partial charge in [0.15, 0.2) is 11.3 Å². The number of fused-ring (bicyclic) bond motifs is 3. The van der Waals surface area contributed by atoms with Gasteiger partial charge >= 0.3 is 0 Å². The summed E-state index contributed by atoms with van der Waals surface area (Å²) in [5, 5.41) is 0.617. The molecule has 0 N–H and O–H groups in total. The van der Waals surface area contributed by atoms with Gasteiger partial charge in [-0.3, -0.25) is 18.6 Å². The van der Waals surface area contributed by atoms with Crippen molar-refractivity contribution < 1.29 is 4.79 Å². The van der Waals surface area contributed by atoms with Crippen LogP contribution in [0.1, 0.15) is 16.1 Å². The Hall–Kier alpha value is -2.63. The quantitative estimate of drug-likeness (QED) is 0.674. The van der Waals surface area contributed by atoms with Crippen molar-refractivity contribution in [2.75, 3.05) is 14.1 Å². The smallest absolute Gasteiger partial charge is 0.275 e. The van der Waals surface area contributed by atoms with Crippen LogP contribution < -0.4 is 5.56 Å². The van der Waals surface area contributed by atoms with Gasteiger partial charge in [-0.15, -0.1) is 0 Å². The second-order valence-corrected chi connectivity index (χ2v) is 5.37. The van der Waals surface area contributed by atoms with E-state index in [1.807, 2.05) is 25.1 Å². The molecule has 0 aliphatic rings. The average molecular weight is 284 g/mol. The highest BCUT2D eigenvalue weighted by Crippen LogP contribution is 2.17. The van der Waals surface area contributed by atoms with Gasteiger partial charge < -0.3 is 4.90 Å². The summed E-state index contributed by atoms with van der Waals surface area (Å²) in [6.07, 6.45) is 1.59. The van der Waals surface area contributed by atoms with Gasteiger partial charge in [-0.2, -0.15) is 0 Å². The third kappa shape index (κ3) is 1.83. The molecule has 0 saturated carbocycles. The summed E-state index contributed by atoms with van der Waals surface area (Å²) in [7, 11) is 4.99. The van der Waals surface area contributed by atoms with Crippen molar-refractivity contribution in [3.05, 3.63) is 46.1 Å². The molecule has 3 aromatic rings. The Balaban J connectivity index is 2.50. The van der Waals surface area contributed by atoms with Crippen LogP contribution in [0.4, 0.5) is 0 Å². The van der Waals surface area contributed by atoms with Gasteiger partial charge in [0.25, 0.3) is 11.5 Å². The number of aromatic nitrogens is 3. The van der Waals surface area contributed by atoms with Crippen LogP contribution in [-0.4, -0.2) is 38.9 Å². The zero-order chi connectivity index (χ0) is 15.3. The predicted octanol–water partition coefficient (Wildman–Crippen LogP) is 1.20. The first-order chi connectivity index (χ1) is 9.91. The molecule has 0 atom stereocenters. The Morgan fingerprint density at radius 3 is 2.67 bits per heavy atom. The van der Waals surface area contributed by atoms with Gasteiger partial charge in [0, 0.05) is 21.1 Å². The van der Waals surface area contributed by atoms with Gasteiger partial charge in [0.1, 0.15) is 6.33 Å². The highest BCUT2D eigenvalue weighted by atomic mass is 16.2. The van der Waals surface area contributed by atoms with E-state index in [-0.39, 0.29) is 17.2 Å². The van der Waals surface area contributed by atoms with Crippen LogP contribution >= 0.6 is 0 Å². The Kier molecular flexibility index (Phi) is 2.83. The van der Waals surface area contributed by atoms with E-state index >= 15 is 0 Å². The largest absolute Gasteiger partial charge is 0.343 e. The lowest BCUT2D eigenvalue weighted by Gasteiger charge is -2.11. The molecule has 6 nitrogen and oxygen atoms in total. The number of aryl methyl sites for hydroxylation is 2. The average Bonchev–Trinajstić information content (AvgIpc) is 2.88. The van der Waals surface area contributed by atoms with Gasteiger partial charge in [-0.25, -0.2) is 4.98 Å². The molecule has 0 unspecified atom stereocenters. The minimum atomic E-state index is -0.223. The second kappa shape index (κ2) is 4.44. The topological polar surface area (TPSA) is 59.6 Å². The molecule has 0 aliphatic heterocycles. The molecule has 0 radical (unpaired) electrons. The molecule has 6 heteroatoms. The number of amides is 1. The Morgan fingerprint density at radius 1 is 1.29 bits per heavy atom. The number of hydrogen-bond donors (Lipinski definition) is 0.